The third kappa shape index (κ3) is 4.26. The van der Waals surface area contributed by atoms with Crippen LogP contribution in [0.1, 0.15) is 18.3 Å². The minimum Gasteiger partial charge on any atom is -0.295 e. The molecule has 3 aromatic heterocycles. The largest absolute Gasteiger partial charge is 0.295 e. The first-order chi connectivity index (χ1) is 18.1. The minimum absolute atomic E-state index is 0.0256. The van der Waals surface area contributed by atoms with Crippen LogP contribution in [-0.2, 0) is 16.4 Å². The molecule has 3 heterocycles. The van der Waals surface area contributed by atoms with E-state index in [1.165, 1.54) is 48.0 Å². The number of hydrogen-bond donors (Lipinski definition) is 1. The monoisotopic (exact) mass is 541 g/mol. The lowest BCUT2D eigenvalue weighted by molar-refractivity contribution is 0.516. The summed E-state index contributed by atoms with van der Waals surface area (Å²) in [6.45, 7) is 3.12. The van der Waals surface area contributed by atoms with Gasteiger partial charge in [0.2, 0.25) is 0 Å². The highest BCUT2D eigenvalue weighted by Gasteiger charge is 2.28. The fourth-order valence-electron chi connectivity index (χ4n) is 4.03. The molecular formula is C26H19F4N5O2S. The summed E-state index contributed by atoms with van der Waals surface area (Å²) >= 11 is 0. The van der Waals surface area contributed by atoms with Crippen molar-refractivity contribution >= 4 is 21.4 Å². The van der Waals surface area contributed by atoms with Crippen molar-refractivity contribution < 1.29 is 26.0 Å². The van der Waals surface area contributed by atoms with Crippen LogP contribution in [0, 0.1) is 30.2 Å². The maximum atomic E-state index is 15.9. The molecule has 0 aliphatic carbocycles. The number of aryl methyl sites for hydroxylation is 2. The summed E-state index contributed by atoms with van der Waals surface area (Å²) in [5, 5.41) is 0. The summed E-state index contributed by atoms with van der Waals surface area (Å²) in [6, 6.07) is 9.86. The van der Waals surface area contributed by atoms with Crippen molar-refractivity contribution in [3.63, 3.8) is 0 Å². The first-order valence-corrected chi connectivity index (χ1v) is 12.9. The summed E-state index contributed by atoms with van der Waals surface area (Å²) in [5.74, 6) is -3.88. The van der Waals surface area contributed by atoms with Gasteiger partial charge >= 0.3 is 0 Å². The zero-order chi connectivity index (χ0) is 27.2. The second-order valence-electron chi connectivity index (χ2n) is 8.35. The van der Waals surface area contributed by atoms with Crippen LogP contribution in [0.5, 0.6) is 0 Å². The third-order valence-corrected chi connectivity index (χ3v) is 7.28. The Morgan fingerprint density at radius 3 is 2.47 bits per heavy atom. The lowest BCUT2D eigenvalue weighted by Crippen LogP contribution is -2.18. The van der Waals surface area contributed by atoms with Gasteiger partial charge in [-0.25, -0.2) is 40.9 Å². The number of imidazole rings is 1. The van der Waals surface area contributed by atoms with E-state index in [2.05, 4.69) is 15.0 Å². The number of anilines is 1. The number of fused-ring (bicyclic) bond motifs is 1. The molecule has 0 radical (unpaired) electrons. The van der Waals surface area contributed by atoms with Crippen LogP contribution in [-0.4, -0.2) is 27.8 Å². The van der Waals surface area contributed by atoms with E-state index in [-0.39, 0.29) is 28.2 Å². The van der Waals surface area contributed by atoms with E-state index in [0.29, 0.717) is 17.9 Å². The molecule has 0 aliphatic rings. The molecule has 0 spiro atoms. The summed E-state index contributed by atoms with van der Waals surface area (Å²) in [6.07, 6.45) is 3.55. The van der Waals surface area contributed by atoms with E-state index < -0.39 is 43.9 Å². The van der Waals surface area contributed by atoms with E-state index in [4.69, 9.17) is 0 Å². The van der Waals surface area contributed by atoms with Gasteiger partial charge in [-0.15, -0.1) is 0 Å². The Bertz CT molecular complexity index is 1820. The molecule has 0 saturated heterocycles. The van der Waals surface area contributed by atoms with Crippen molar-refractivity contribution in [2.24, 2.45) is 0 Å². The quantitative estimate of drug-likeness (QED) is 0.279. The molecule has 7 nitrogen and oxygen atoms in total. The normalized spacial score (nSPS) is 11.7. The summed E-state index contributed by atoms with van der Waals surface area (Å²) in [5.41, 5.74) is -0.432. The van der Waals surface area contributed by atoms with Crippen LogP contribution >= 0.6 is 0 Å². The van der Waals surface area contributed by atoms with Gasteiger partial charge in [0.25, 0.3) is 10.0 Å². The standard InChI is InChI=1S/C26H19F4N5O2S/c1-3-20-31-12-11-19(32-20)24-23(33-26-17(28)7-5-13-35(24)26)15-6-4-8-18(22(15)30)34-38(36,37)25-16(27)10-9-14(2)21(25)29/h4-13,34H,3H2,1-2H3. The molecule has 5 rings (SSSR count). The van der Waals surface area contributed by atoms with Crippen LogP contribution in [0.25, 0.3) is 28.3 Å². The molecule has 0 aliphatic heterocycles. The number of sulfonamides is 1. The van der Waals surface area contributed by atoms with Gasteiger partial charge in [0, 0.05) is 24.4 Å². The molecule has 194 valence electrons. The van der Waals surface area contributed by atoms with E-state index in [1.54, 1.807) is 6.07 Å². The Morgan fingerprint density at radius 1 is 0.921 bits per heavy atom. The van der Waals surface area contributed by atoms with Gasteiger partial charge in [0.1, 0.15) is 23.2 Å². The van der Waals surface area contributed by atoms with Crippen molar-refractivity contribution in [2.45, 2.75) is 25.2 Å². The van der Waals surface area contributed by atoms with Crippen LogP contribution in [0.3, 0.4) is 0 Å². The predicted molar refractivity (Wildman–Crippen MR) is 133 cm³/mol. The first kappa shape index (κ1) is 25.3. The minimum atomic E-state index is -4.87. The Morgan fingerprint density at radius 2 is 1.71 bits per heavy atom. The van der Waals surface area contributed by atoms with Gasteiger partial charge in [-0.1, -0.05) is 19.1 Å². The fourth-order valence-corrected chi connectivity index (χ4v) is 5.31. The van der Waals surface area contributed by atoms with E-state index in [9.17, 15) is 21.6 Å². The number of nitrogens with one attached hydrogen (secondary N) is 1. The zero-order valence-corrected chi connectivity index (χ0v) is 20.8. The number of aromatic nitrogens is 4. The van der Waals surface area contributed by atoms with Gasteiger partial charge in [0.15, 0.2) is 22.2 Å². The van der Waals surface area contributed by atoms with Crippen molar-refractivity contribution in [3.8, 4) is 22.6 Å². The highest BCUT2D eigenvalue weighted by atomic mass is 32.2. The van der Waals surface area contributed by atoms with E-state index >= 15 is 4.39 Å². The van der Waals surface area contributed by atoms with Gasteiger partial charge in [-0.3, -0.25) is 9.12 Å². The third-order valence-electron chi connectivity index (χ3n) is 5.88. The van der Waals surface area contributed by atoms with E-state index in [0.717, 1.165) is 18.2 Å². The molecule has 0 atom stereocenters. The topological polar surface area (TPSA) is 89.2 Å². The van der Waals surface area contributed by atoms with Crippen LogP contribution in [0.2, 0.25) is 0 Å². The molecule has 38 heavy (non-hydrogen) atoms. The number of hydrogen-bond acceptors (Lipinski definition) is 5. The molecule has 0 bridgehead atoms. The smallest absolute Gasteiger partial charge is 0.267 e. The van der Waals surface area contributed by atoms with Gasteiger partial charge in [0.05, 0.1) is 17.1 Å². The summed E-state index contributed by atoms with van der Waals surface area (Å²) < 4.78 is 88.5. The first-order valence-electron chi connectivity index (χ1n) is 11.4. The predicted octanol–water partition coefficient (Wildman–Crippen LogP) is 5.69. The highest BCUT2D eigenvalue weighted by molar-refractivity contribution is 7.92. The lowest BCUT2D eigenvalue weighted by atomic mass is 10.1. The SMILES string of the molecule is CCc1nccc(-c2c(-c3cccc(NS(=O)(=O)c4c(F)ccc(C)c4F)c3F)nc3c(F)cccn23)n1. The highest BCUT2D eigenvalue weighted by Crippen LogP contribution is 2.36. The van der Waals surface area contributed by atoms with Crippen molar-refractivity contribution in [3.05, 3.63) is 95.6 Å². The molecule has 5 aromatic rings. The Balaban J connectivity index is 1.69. The molecular weight excluding hydrogens is 522 g/mol. The average molecular weight is 542 g/mol. The number of halogens is 4. The maximum Gasteiger partial charge on any atom is 0.267 e. The van der Waals surface area contributed by atoms with Crippen molar-refractivity contribution in [1.82, 2.24) is 19.4 Å². The number of benzene rings is 2. The fraction of sp³-hybridized carbons (Fsp3) is 0.115. The second-order valence-corrected chi connectivity index (χ2v) is 9.97. The molecule has 1 N–H and O–H groups in total. The summed E-state index contributed by atoms with van der Waals surface area (Å²) in [7, 11) is -4.87. The van der Waals surface area contributed by atoms with Crippen LogP contribution in [0.15, 0.2) is 65.8 Å². The Labute approximate surface area is 214 Å². The Kier molecular flexibility index (Phi) is 6.35. The zero-order valence-electron chi connectivity index (χ0n) is 20.0. The lowest BCUT2D eigenvalue weighted by Gasteiger charge is -2.13. The van der Waals surface area contributed by atoms with Gasteiger partial charge in [-0.05, 0) is 48.9 Å². The Hall–Kier alpha value is -4.32. The summed E-state index contributed by atoms with van der Waals surface area (Å²) in [4.78, 5) is 11.7. The maximum absolute atomic E-state index is 15.9. The van der Waals surface area contributed by atoms with Crippen molar-refractivity contribution in [1.29, 1.82) is 0 Å². The molecule has 0 amide bonds. The van der Waals surface area contributed by atoms with Gasteiger partial charge < -0.3 is 0 Å². The van der Waals surface area contributed by atoms with Gasteiger partial charge in [-0.2, -0.15) is 0 Å². The molecule has 0 unspecified atom stereocenters. The molecule has 2 aromatic carbocycles. The molecule has 0 saturated carbocycles. The van der Waals surface area contributed by atoms with Crippen molar-refractivity contribution in [2.75, 3.05) is 4.72 Å². The van der Waals surface area contributed by atoms with E-state index in [1.807, 2.05) is 11.6 Å². The second kappa shape index (κ2) is 9.53. The van der Waals surface area contributed by atoms with Crippen LogP contribution in [0.4, 0.5) is 23.2 Å². The number of nitrogens with zero attached hydrogens (tertiary/aromatic N) is 4. The molecule has 0 fully saturated rings. The van der Waals surface area contributed by atoms with Crippen LogP contribution < -0.4 is 4.72 Å². The molecule has 12 heteroatoms. The average Bonchev–Trinajstić information content (AvgIpc) is 3.28. The number of rotatable bonds is 6. The number of pyridine rings is 1.